The van der Waals surface area contributed by atoms with Gasteiger partial charge in [0.1, 0.15) is 27.0 Å². The average Bonchev–Trinajstić information content (AvgIpc) is 3.34. The molecule has 1 aromatic carbocycles. The minimum absolute atomic E-state index is 0.100. The molecule has 3 heterocycles. The molecule has 10 heteroatoms. The normalized spacial score (nSPS) is 11.0. The van der Waals surface area contributed by atoms with Crippen molar-refractivity contribution < 1.29 is 18.7 Å². The number of amides is 1. The fraction of sp³-hybridized carbons (Fsp3) is 0.217. The molecule has 4 rings (SSSR count). The van der Waals surface area contributed by atoms with Crippen molar-refractivity contribution in [2.24, 2.45) is 0 Å². The van der Waals surface area contributed by atoms with Crippen molar-refractivity contribution in [2.75, 3.05) is 17.7 Å². The summed E-state index contributed by atoms with van der Waals surface area (Å²) in [5, 5.41) is 6.80. The van der Waals surface area contributed by atoms with Crippen LogP contribution in [-0.2, 0) is 9.53 Å². The van der Waals surface area contributed by atoms with Gasteiger partial charge in [-0.05, 0) is 44.0 Å². The van der Waals surface area contributed by atoms with Gasteiger partial charge in [0.05, 0.1) is 23.3 Å². The molecule has 170 valence electrons. The highest BCUT2D eigenvalue weighted by atomic mass is 32.2. The summed E-state index contributed by atoms with van der Waals surface area (Å²) in [7, 11) is 0. The molecule has 6 nitrogen and oxygen atoms in total. The number of thiophene rings is 2. The van der Waals surface area contributed by atoms with E-state index in [0.717, 1.165) is 31.8 Å². The predicted molar refractivity (Wildman–Crippen MR) is 132 cm³/mol. The number of benzene rings is 1. The van der Waals surface area contributed by atoms with Gasteiger partial charge < -0.3 is 10.1 Å². The van der Waals surface area contributed by atoms with E-state index in [9.17, 15) is 14.0 Å². The third kappa shape index (κ3) is 4.92. The van der Waals surface area contributed by atoms with Crippen molar-refractivity contribution in [3.8, 4) is 11.1 Å². The van der Waals surface area contributed by atoms with E-state index in [1.54, 1.807) is 19.1 Å². The maximum absolute atomic E-state index is 13.4. The second-order valence-corrected chi connectivity index (χ2v) is 10.1. The zero-order chi connectivity index (χ0) is 23.5. The van der Waals surface area contributed by atoms with Crippen LogP contribution in [0.15, 0.2) is 41.0 Å². The quantitative estimate of drug-likeness (QED) is 0.188. The maximum atomic E-state index is 13.4. The van der Waals surface area contributed by atoms with E-state index in [4.69, 9.17) is 4.74 Å². The lowest BCUT2D eigenvalue weighted by Crippen LogP contribution is -2.16. The number of hydrogen-bond donors (Lipinski definition) is 1. The first-order valence-electron chi connectivity index (χ1n) is 10.1. The number of carbonyl (C=O) groups excluding carboxylic acids is 2. The fourth-order valence-corrected chi connectivity index (χ4v) is 6.12. The number of nitrogens with zero attached hydrogens (tertiary/aromatic N) is 2. The summed E-state index contributed by atoms with van der Waals surface area (Å²) in [5.41, 5.74) is 2.96. The summed E-state index contributed by atoms with van der Waals surface area (Å²) in [5.74, 6) is -0.899. The zero-order valence-corrected chi connectivity index (χ0v) is 20.5. The van der Waals surface area contributed by atoms with Gasteiger partial charge in [-0.25, -0.2) is 19.2 Å². The van der Waals surface area contributed by atoms with E-state index >= 15 is 0 Å². The minimum Gasteiger partial charge on any atom is -0.462 e. The number of aryl methyl sites for hydroxylation is 1. The number of ether oxygens (including phenoxy) is 1. The number of rotatable bonds is 7. The first-order valence-corrected chi connectivity index (χ1v) is 12.7. The van der Waals surface area contributed by atoms with Crippen LogP contribution in [0.2, 0.25) is 0 Å². The molecule has 3 aromatic heterocycles. The van der Waals surface area contributed by atoms with Crippen molar-refractivity contribution >= 4 is 61.5 Å². The molecule has 0 saturated heterocycles. The molecule has 4 aromatic rings. The number of fused-ring (bicyclic) bond motifs is 1. The Kier molecular flexibility index (Phi) is 7.06. The van der Waals surface area contributed by atoms with Crippen LogP contribution < -0.4 is 5.32 Å². The largest absolute Gasteiger partial charge is 0.462 e. The summed E-state index contributed by atoms with van der Waals surface area (Å²) in [6.45, 7) is 5.75. The molecule has 0 radical (unpaired) electrons. The molecular formula is C23H20FN3O3S3. The number of anilines is 1. The van der Waals surface area contributed by atoms with Crippen molar-refractivity contribution in [1.29, 1.82) is 0 Å². The van der Waals surface area contributed by atoms with E-state index in [1.165, 1.54) is 52.9 Å². The predicted octanol–water partition coefficient (Wildman–Crippen LogP) is 6.08. The smallest absolute Gasteiger partial charge is 0.341 e. The van der Waals surface area contributed by atoms with Crippen LogP contribution in [0.5, 0.6) is 0 Å². The fourth-order valence-electron chi connectivity index (χ4n) is 3.26. The Morgan fingerprint density at radius 3 is 2.67 bits per heavy atom. The molecule has 0 aliphatic rings. The van der Waals surface area contributed by atoms with Gasteiger partial charge in [0.25, 0.3) is 0 Å². The molecule has 0 spiro atoms. The molecular weight excluding hydrogens is 481 g/mol. The van der Waals surface area contributed by atoms with Crippen LogP contribution in [0.3, 0.4) is 0 Å². The van der Waals surface area contributed by atoms with Crippen molar-refractivity contribution in [3.05, 3.63) is 57.8 Å². The van der Waals surface area contributed by atoms with Crippen LogP contribution in [0.4, 0.5) is 9.39 Å². The summed E-state index contributed by atoms with van der Waals surface area (Å²) in [4.78, 5) is 35.6. The lowest BCUT2D eigenvalue weighted by molar-refractivity contribution is -0.113. The van der Waals surface area contributed by atoms with Gasteiger partial charge in [-0.15, -0.1) is 22.7 Å². The van der Waals surface area contributed by atoms with Crippen molar-refractivity contribution in [2.45, 2.75) is 25.8 Å². The van der Waals surface area contributed by atoms with E-state index < -0.39 is 5.97 Å². The Labute approximate surface area is 202 Å². The highest BCUT2D eigenvalue weighted by molar-refractivity contribution is 8.00. The number of thioether (sulfide) groups is 1. The second-order valence-electron chi connectivity index (χ2n) is 7.06. The minimum atomic E-state index is -0.443. The first kappa shape index (κ1) is 23.3. The Morgan fingerprint density at radius 1 is 1.18 bits per heavy atom. The highest BCUT2D eigenvalue weighted by Crippen LogP contribution is 2.38. The third-order valence-corrected chi connectivity index (χ3v) is 7.95. The second kappa shape index (κ2) is 9.98. The number of hydrogen-bond acceptors (Lipinski definition) is 8. The summed E-state index contributed by atoms with van der Waals surface area (Å²) < 4.78 is 18.5. The third-order valence-electron chi connectivity index (χ3n) is 4.95. The number of nitrogens with one attached hydrogen (secondary N) is 1. The monoisotopic (exact) mass is 501 g/mol. The topological polar surface area (TPSA) is 81.2 Å². The van der Waals surface area contributed by atoms with Gasteiger partial charge in [-0.2, -0.15) is 0 Å². The van der Waals surface area contributed by atoms with Gasteiger partial charge in [0.15, 0.2) is 0 Å². The molecule has 0 bridgehead atoms. The number of aromatic nitrogens is 2. The van der Waals surface area contributed by atoms with E-state index in [1.807, 2.05) is 19.2 Å². The number of esters is 1. The van der Waals surface area contributed by atoms with Crippen LogP contribution in [0.25, 0.3) is 21.3 Å². The Hall–Kier alpha value is -2.82. The molecule has 0 fully saturated rings. The van der Waals surface area contributed by atoms with Crippen LogP contribution in [0.1, 0.15) is 27.7 Å². The van der Waals surface area contributed by atoms with Gasteiger partial charge in [0, 0.05) is 15.8 Å². The number of halogens is 1. The SMILES string of the molecule is CCOC(=O)c1c(NC(=O)CSc2ncnc3scc(-c4ccc(F)cc4)c23)sc(C)c1C. The van der Waals surface area contributed by atoms with E-state index in [2.05, 4.69) is 15.3 Å². The molecule has 33 heavy (non-hydrogen) atoms. The van der Waals surface area contributed by atoms with Gasteiger partial charge in [-0.1, -0.05) is 23.9 Å². The molecule has 1 amide bonds. The van der Waals surface area contributed by atoms with Gasteiger partial charge in [0.2, 0.25) is 5.91 Å². The van der Waals surface area contributed by atoms with Gasteiger partial charge >= 0.3 is 5.97 Å². The summed E-state index contributed by atoms with van der Waals surface area (Å²) in [6.07, 6.45) is 1.47. The number of carbonyl (C=O) groups is 2. The summed E-state index contributed by atoms with van der Waals surface area (Å²) in [6, 6.07) is 6.25. The molecule has 0 unspecified atom stereocenters. The standard InChI is InChI=1S/C23H20FN3O3S3/c1-4-30-23(29)18-12(2)13(3)33-22(18)27-17(28)10-32-21-19-16(9-31-20(19)25-11-26-21)14-5-7-15(24)8-6-14/h5-9,11H,4,10H2,1-3H3,(H,27,28). The summed E-state index contributed by atoms with van der Waals surface area (Å²) >= 11 is 4.11. The lowest BCUT2D eigenvalue weighted by Gasteiger charge is -2.08. The van der Waals surface area contributed by atoms with Crippen molar-refractivity contribution in [3.63, 3.8) is 0 Å². The van der Waals surface area contributed by atoms with Crippen molar-refractivity contribution in [1.82, 2.24) is 9.97 Å². The Morgan fingerprint density at radius 2 is 1.94 bits per heavy atom. The molecule has 0 aliphatic heterocycles. The van der Waals surface area contributed by atoms with Crippen LogP contribution in [0, 0.1) is 19.7 Å². The van der Waals surface area contributed by atoms with E-state index in [0.29, 0.717) is 15.6 Å². The van der Waals surface area contributed by atoms with E-state index in [-0.39, 0.29) is 24.1 Å². The molecule has 0 atom stereocenters. The average molecular weight is 502 g/mol. The maximum Gasteiger partial charge on any atom is 0.341 e. The first-order chi connectivity index (χ1) is 15.9. The molecule has 1 N–H and O–H groups in total. The molecule has 0 saturated carbocycles. The Bertz CT molecular complexity index is 1330. The highest BCUT2D eigenvalue weighted by Gasteiger charge is 2.22. The van der Waals surface area contributed by atoms with Gasteiger partial charge in [-0.3, -0.25) is 4.79 Å². The zero-order valence-electron chi connectivity index (χ0n) is 18.1. The van der Waals surface area contributed by atoms with Crippen LogP contribution >= 0.6 is 34.4 Å². The molecule has 0 aliphatic carbocycles. The Balaban J connectivity index is 1.55. The van der Waals surface area contributed by atoms with Crippen LogP contribution in [-0.4, -0.2) is 34.2 Å². The lowest BCUT2D eigenvalue weighted by atomic mass is 10.1.